The summed E-state index contributed by atoms with van der Waals surface area (Å²) in [4.78, 5) is 10.7. The van der Waals surface area contributed by atoms with Crippen molar-refractivity contribution in [3.8, 4) is 0 Å². The van der Waals surface area contributed by atoms with E-state index in [-0.39, 0.29) is 5.97 Å². The van der Waals surface area contributed by atoms with E-state index in [0.717, 1.165) is 0 Å². The van der Waals surface area contributed by atoms with Gasteiger partial charge in [0.25, 0.3) is 0 Å². The van der Waals surface area contributed by atoms with Crippen molar-refractivity contribution < 1.29 is 9.53 Å². The van der Waals surface area contributed by atoms with Crippen molar-refractivity contribution in [2.24, 2.45) is 0 Å². The summed E-state index contributed by atoms with van der Waals surface area (Å²) in [6.07, 6.45) is 3.36. The lowest BCUT2D eigenvalue weighted by Gasteiger charge is -1.94. The number of hydrogen-bond donors (Lipinski definition) is 1. The van der Waals surface area contributed by atoms with Crippen molar-refractivity contribution in [1.29, 1.82) is 5.41 Å². The van der Waals surface area contributed by atoms with Gasteiger partial charge in [0.2, 0.25) is 0 Å². The van der Waals surface area contributed by atoms with Gasteiger partial charge in [0.05, 0.1) is 6.61 Å². The Labute approximate surface area is 66.6 Å². The SMILES string of the molecule is CCOC(=O)/C=C\C(=N)CC. The average molecular weight is 155 g/mol. The maximum atomic E-state index is 10.7. The number of rotatable bonds is 4. The van der Waals surface area contributed by atoms with Crippen LogP contribution in [0, 0.1) is 5.41 Å². The third kappa shape index (κ3) is 5.33. The molecule has 0 amide bonds. The molecule has 3 heteroatoms. The summed E-state index contributed by atoms with van der Waals surface area (Å²) >= 11 is 0. The van der Waals surface area contributed by atoms with Crippen molar-refractivity contribution >= 4 is 11.7 Å². The van der Waals surface area contributed by atoms with Crippen LogP contribution in [0.5, 0.6) is 0 Å². The van der Waals surface area contributed by atoms with Crippen LogP contribution in [0.4, 0.5) is 0 Å². The Bertz CT molecular complexity index is 173. The van der Waals surface area contributed by atoms with Crippen molar-refractivity contribution in [2.45, 2.75) is 20.3 Å². The molecule has 0 aromatic carbocycles. The van der Waals surface area contributed by atoms with Gasteiger partial charge in [0.1, 0.15) is 0 Å². The molecule has 0 aliphatic rings. The zero-order valence-electron chi connectivity index (χ0n) is 6.89. The molecule has 0 aliphatic heterocycles. The molecule has 0 spiro atoms. The van der Waals surface area contributed by atoms with Gasteiger partial charge < -0.3 is 10.1 Å². The topological polar surface area (TPSA) is 50.2 Å². The van der Waals surface area contributed by atoms with Gasteiger partial charge in [-0.3, -0.25) is 0 Å². The molecular weight excluding hydrogens is 142 g/mol. The zero-order valence-corrected chi connectivity index (χ0v) is 6.89. The van der Waals surface area contributed by atoms with Gasteiger partial charge in [-0.1, -0.05) is 6.92 Å². The van der Waals surface area contributed by atoms with E-state index in [1.54, 1.807) is 6.92 Å². The first-order valence-corrected chi connectivity index (χ1v) is 3.63. The maximum Gasteiger partial charge on any atom is 0.330 e. The van der Waals surface area contributed by atoms with E-state index >= 15 is 0 Å². The van der Waals surface area contributed by atoms with Crippen LogP contribution < -0.4 is 0 Å². The normalized spacial score (nSPS) is 10.0. The number of esters is 1. The lowest BCUT2D eigenvalue weighted by Crippen LogP contribution is -2.00. The Morgan fingerprint density at radius 3 is 2.55 bits per heavy atom. The Morgan fingerprint density at radius 2 is 2.09 bits per heavy atom. The molecule has 0 atom stereocenters. The highest BCUT2D eigenvalue weighted by Crippen LogP contribution is 1.86. The highest BCUT2D eigenvalue weighted by Gasteiger charge is 1.93. The molecule has 0 bridgehead atoms. The molecule has 0 saturated heterocycles. The number of allylic oxidation sites excluding steroid dienone is 1. The van der Waals surface area contributed by atoms with Crippen molar-refractivity contribution in [1.82, 2.24) is 0 Å². The van der Waals surface area contributed by atoms with E-state index in [4.69, 9.17) is 5.41 Å². The first-order chi connectivity index (χ1) is 5.20. The van der Waals surface area contributed by atoms with Gasteiger partial charge in [0, 0.05) is 11.8 Å². The first kappa shape index (κ1) is 9.88. The molecule has 0 heterocycles. The summed E-state index contributed by atoms with van der Waals surface area (Å²) in [7, 11) is 0. The van der Waals surface area contributed by atoms with Gasteiger partial charge in [0.15, 0.2) is 0 Å². The van der Waals surface area contributed by atoms with E-state index in [0.29, 0.717) is 18.7 Å². The Hall–Kier alpha value is -1.12. The maximum absolute atomic E-state index is 10.7. The smallest absolute Gasteiger partial charge is 0.330 e. The Morgan fingerprint density at radius 1 is 1.45 bits per heavy atom. The molecule has 0 rings (SSSR count). The van der Waals surface area contributed by atoms with Gasteiger partial charge in [-0.25, -0.2) is 4.79 Å². The summed E-state index contributed by atoms with van der Waals surface area (Å²) in [6.45, 7) is 3.98. The number of ether oxygens (including phenoxy) is 1. The highest BCUT2D eigenvalue weighted by molar-refractivity contribution is 5.97. The minimum atomic E-state index is -0.384. The van der Waals surface area contributed by atoms with Crippen LogP contribution >= 0.6 is 0 Å². The fraction of sp³-hybridized carbons (Fsp3) is 0.500. The molecule has 62 valence electrons. The summed E-state index contributed by atoms with van der Waals surface area (Å²) in [5, 5.41) is 7.17. The number of carbonyl (C=O) groups excluding carboxylic acids is 1. The molecule has 0 fully saturated rings. The second-order valence-corrected chi connectivity index (χ2v) is 1.96. The second kappa shape index (κ2) is 5.65. The molecule has 0 aliphatic carbocycles. The zero-order chi connectivity index (χ0) is 8.69. The van der Waals surface area contributed by atoms with Crippen LogP contribution in [0.2, 0.25) is 0 Å². The number of hydrogen-bond acceptors (Lipinski definition) is 3. The quantitative estimate of drug-likeness (QED) is 0.380. The third-order valence-electron chi connectivity index (χ3n) is 1.09. The van der Waals surface area contributed by atoms with Crippen LogP contribution in [0.1, 0.15) is 20.3 Å². The van der Waals surface area contributed by atoms with E-state index in [1.165, 1.54) is 12.2 Å². The Balaban J connectivity index is 3.73. The average Bonchev–Trinajstić information content (AvgIpc) is 2.01. The minimum Gasteiger partial charge on any atom is -0.463 e. The van der Waals surface area contributed by atoms with Crippen molar-refractivity contribution in [3.63, 3.8) is 0 Å². The van der Waals surface area contributed by atoms with E-state index in [1.807, 2.05) is 6.92 Å². The number of nitrogens with one attached hydrogen (secondary N) is 1. The molecule has 0 aromatic rings. The molecule has 0 aromatic heterocycles. The fourth-order valence-corrected chi connectivity index (χ4v) is 0.477. The van der Waals surface area contributed by atoms with Crippen LogP contribution in [-0.4, -0.2) is 18.3 Å². The summed E-state index contributed by atoms with van der Waals surface area (Å²) in [5.41, 5.74) is 0.429. The molecule has 1 N–H and O–H groups in total. The highest BCUT2D eigenvalue weighted by atomic mass is 16.5. The Kier molecular flexibility index (Phi) is 5.07. The number of carbonyl (C=O) groups is 1. The van der Waals surface area contributed by atoms with Crippen LogP contribution in [0.3, 0.4) is 0 Å². The summed E-state index contributed by atoms with van der Waals surface area (Å²) < 4.78 is 4.61. The largest absolute Gasteiger partial charge is 0.463 e. The van der Waals surface area contributed by atoms with Crippen LogP contribution in [-0.2, 0) is 9.53 Å². The molecular formula is C8H13NO2. The lowest BCUT2D eigenvalue weighted by molar-refractivity contribution is -0.137. The predicted octanol–water partition coefficient (Wildman–Crippen LogP) is 1.54. The standard InChI is InChI=1S/C8H13NO2/c1-3-7(9)5-6-8(10)11-4-2/h5-6,9H,3-4H2,1-2H3/b6-5-,9-7?. The van der Waals surface area contributed by atoms with Crippen molar-refractivity contribution in [2.75, 3.05) is 6.61 Å². The predicted molar refractivity (Wildman–Crippen MR) is 43.8 cm³/mol. The molecule has 0 radical (unpaired) electrons. The van der Waals surface area contributed by atoms with Gasteiger partial charge in [-0.05, 0) is 19.4 Å². The third-order valence-corrected chi connectivity index (χ3v) is 1.09. The minimum absolute atomic E-state index is 0.378. The van der Waals surface area contributed by atoms with E-state index in [9.17, 15) is 4.79 Å². The van der Waals surface area contributed by atoms with Crippen molar-refractivity contribution in [3.05, 3.63) is 12.2 Å². The van der Waals surface area contributed by atoms with Gasteiger partial charge in [-0.2, -0.15) is 0 Å². The second-order valence-electron chi connectivity index (χ2n) is 1.96. The van der Waals surface area contributed by atoms with Crippen LogP contribution in [0.15, 0.2) is 12.2 Å². The monoisotopic (exact) mass is 155 g/mol. The molecule has 0 unspecified atom stereocenters. The molecule has 0 saturated carbocycles. The van der Waals surface area contributed by atoms with Gasteiger partial charge >= 0.3 is 5.97 Å². The molecule has 11 heavy (non-hydrogen) atoms. The lowest BCUT2D eigenvalue weighted by atomic mass is 10.3. The summed E-state index contributed by atoms with van der Waals surface area (Å²) in [5.74, 6) is -0.384. The van der Waals surface area contributed by atoms with E-state index < -0.39 is 0 Å². The molecule has 3 nitrogen and oxygen atoms in total. The fourth-order valence-electron chi connectivity index (χ4n) is 0.477. The van der Waals surface area contributed by atoms with E-state index in [2.05, 4.69) is 4.74 Å². The van der Waals surface area contributed by atoms with Gasteiger partial charge in [-0.15, -0.1) is 0 Å². The first-order valence-electron chi connectivity index (χ1n) is 3.63. The van der Waals surface area contributed by atoms with Crippen LogP contribution in [0.25, 0.3) is 0 Å². The summed E-state index contributed by atoms with van der Waals surface area (Å²) in [6, 6.07) is 0.